The third-order valence-electron chi connectivity index (χ3n) is 6.19. The highest BCUT2D eigenvalue weighted by Gasteiger charge is 2.44. The molecule has 2 aromatic carbocycles. The van der Waals surface area contributed by atoms with E-state index in [1.54, 1.807) is 12.5 Å². The van der Waals surface area contributed by atoms with Gasteiger partial charge in [0.25, 0.3) is 0 Å². The zero-order valence-electron chi connectivity index (χ0n) is 16.0. The van der Waals surface area contributed by atoms with Crippen LogP contribution in [0.1, 0.15) is 44.0 Å². The maximum Gasteiger partial charge on any atom is 0.235 e. The first-order chi connectivity index (χ1) is 13.6. The molecule has 0 radical (unpaired) electrons. The highest BCUT2D eigenvalue weighted by molar-refractivity contribution is 6.07. The van der Waals surface area contributed by atoms with E-state index >= 15 is 0 Å². The van der Waals surface area contributed by atoms with Gasteiger partial charge < -0.3 is 20.5 Å². The second kappa shape index (κ2) is 6.12. The number of amides is 1. The van der Waals surface area contributed by atoms with Gasteiger partial charge in [0.2, 0.25) is 5.91 Å². The highest BCUT2D eigenvalue weighted by Crippen LogP contribution is 2.48. The molecule has 6 heteroatoms. The lowest BCUT2D eigenvalue weighted by Gasteiger charge is -2.24. The van der Waals surface area contributed by atoms with E-state index in [0.29, 0.717) is 0 Å². The quantitative estimate of drug-likeness (QED) is 0.633. The van der Waals surface area contributed by atoms with Gasteiger partial charge in [-0.15, -0.1) is 0 Å². The molecule has 2 aliphatic rings. The van der Waals surface area contributed by atoms with Crippen LogP contribution in [0.15, 0.2) is 55.1 Å². The fraction of sp³-hybridized carbons (Fsp3) is 0.273. The van der Waals surface area contributed by atoms with E-state index in [1.165, 1.54) is 0 Å². The Labute approximate surface area is 164 Å². The molecule has 0 bridgehead atoms. The third-order valence-corrected chi connectivity index (χ3v) is 6.19. The molecule has 0 saturated heterocycles. The number of nitrogens with zero attached hydrogens (tertiary/aromatic N) is 2. The standard InChI is InChI=1S/C22H23N5O/c1-3-22(4-2)16-11-18-19(12-17(16)26-21(22)28)25-20(24-18)14-5-7-15(8-6-14)27-10-9-23-13-27/h5-13,20,24-25H,3-4H2,1-2H3,(H,26,28). The number of hydrogen-bond acceptors (Lipinski definition) is 4. The molecule has 0 spiro atoms. The number of fused-ring (bicyclic) bond motifs is 2. The molecule has 1 unspecified atom stereocenters. The van der Waals surface area contributed by atoms with Crippen molar-refractivity contribution in [1.82, 2.24) is 9.55 Å². The number of anilines is 3. The molecule has 142 valence electrons. The lowest BCUT2D eigenvalue weighted by Crippen LogP contribution is -2.32. The fourth-order valence-corrected chi connectivity index (χ4v) is 4.42. The minimum atomic E-state index is -0.420. The first-order valence-electron chi connectivity index (χ1n) is 9.76. The van der Waals surface area contributed by atoms with E-state index in [9.17, 15) is 4.79 Å². The average Bonchev–Trinajstić information content (AvgIpc) is 3.44. The third kappa shape index (κ3) is 2.34. The van der Waals surface area contributed by atoms with Crippen molar-refractivity contribution in [3.05, 3.63) is 66.2 Å². The van der Waals surface area contributed by atoms with Crippen molar-refractivity contribution < 1.29 is 4.79 Å². The lowest BCUT2D eigenvalue weighted by atomic mass is 9.77. The van der Waals surface area contributed by atoms with Gasteiger partial charge in [-0.25, -0.2) is 4.98 Å². The Morgan fingerprint density at radius 2 is 1.75 bits per heavy atom. The van der Waals surface area contributed by atoms with Crippen molar-refractivity contribution in [3.63, 3.8) is 0 Å². The fourth-order valence-electron chi connectivity index (χ4n) is 4.42. The van der Waals surface area contributed by atoms with Crippen molar-refractivity contribution in [1.29, 1.82) is 0 Å². The van der Waals surface area contributed by atoms with E-state index in [2.05, 4.69) is 71.2 Å². The second-order valence-corrected chi connectivity index (χ2v) is 7.47. The topological polar surface area (TPSA) is 71.0 Å². The Bertz CT molecular complexity index is 1040. The lowest BCUT2D eigenvalue weighted by molar-refractivity contribution is -0.121. The van der Waals surface area contributed by atoms with Gasteiger partial charge in [0.05, 0.1) is 23.1 Å². The first kappa shape index (κ1) is 16.9. The van der Waals surface area contributed by atoms with Crippen molar-refractivity contribution in [3.8, 4) is 5.69 Å². The predicted octanol–water partition coefficient (Wildman–Crippen LogP) is 4.42. The molecule has 2 aliphatic heterocycles. The molecular formula is C22H23N5O. The smallest absolute Gasteiger partial charge is 0.235 e. The number of carbonyl (C=O) groups is 1. The van der Waals surface area contributed by atoms with Crippen molar-refractivity contribution in [2.75, 3.05) is 16.0 Å². The van der Waals surface area contributed by atoms with Gasteiger partial charge in [-0.05, 0) is 48.2 Å². The summed E-state index contributed by atoms with van der Waals surface area (Å²) in [7, 11) is 0. The van der Waals surface area contributed by atoms with Crippen LogP contribution in [0, 0.1) is 0 Å². The highest BCUT2D eigenvalue weighted by atomic mass is 16.2. The van der Waals surface area contributed by atoms with Gasteiger partial charge in [-0.1, -0.05) is 26.0 Å². The summed E-state index contributed by atoms with van der Waals surface area (Å²) in [6.07, 6.45) is 7.10. The molecule has 0 fully saturated rings. The van der Waals surface area contributed by atoms with E-state index < -0.39 is 5.41 Å². The Hall–Kier alpha value is -3.28. The van der Waals surface area contributed by atoms with Crippen LogP contribution in [0.4, 0.5) is 17.1 Å². The van der Waals surface area contributed by atoms with Crippen molar-refractivity contribution in [2.45, 2.75) is 38.3 Å². The molecule has 1 atom stereocenters. The van der Waals surface area contributed by atoms with E-state index in [4.69, 9.17) is 0 Å². The Morgan fingerprint density at radius 1 is 1.04 bits per heavy atom. The summed E-state index contributed by atoms with van der Waals surface area (Å²) in [6, 6.07) is 12.6. The zero-order chi connectivity index (χ0) is 19.3. The first-order valence-corrected chi connectivity index (χ1v) is 9.76. The number of carbonyl (C=O) groups excluding carboxylic acids is 1. The van der Waals surface area contributed by atoms with Crippen molar-refractivity contribution >= 4 is 23.0 Å². The molecule has 3 aromatic rings. The van der Waals surface area contributed by atoms with E-state index in [-0.39, 0.29) is 12.1 Å². The minimum absolute atomic E-state index is 0.00252. The summed E-state index contributed by atoms with van der Waals surface area (Å²) in [5.41, 5.74) is 5.91. The SMILES string of the molecule is CCC1(CC)C(=O)Nc2cc3c(cc21)NC(c1ccc(-n2ccnc2)cc1)N3. The summed E-state index contributed by atoms with van der Waals surface area (Å²) in [5.74, 6) is 0.114. The molecule has 6 nitrogen and oxygen atoms in total. The van der Waals surface area contributed by atoms with Crippen LogP contribution in [-0.4, -0.2) is 15.5 Å². The van der Waals surface area contributed by atoms with Crippen LogP contribution in [0.2, 0.25) is 0 Å². The number of nitrogens with one attached hydrogen (secondary N) is 3. The maximum atomic E-state index is 12.6. The molecule has 5 rings (SSSR count). The number of aromatic nitrogens is 2. The molecule has 0 saturated carbocycles. The van der Waals surface area contributed by atoms with Gasteiger partial charge in [0.1, 0.15) is 6.17 Å². The molecule has 1 amide bonds. The van der Waals surface area contributed by atoms with Gasteiger partial charge in [-0.3, -0.25) is 4.79 Å². The number of imidazole rings is 1. The maximum absolute atomic E-state index is 12.6. The van der Waals surface area contributed by atoms with Gasteiger partial charge >= 0.3 is 0 Å². The van der Waals surface area contributed by atoms with Crippen LogP contribution < -0.4 is 16.0 Å². The molecular weight excluding hydrogens is 350 g/mol. The molecule has 3 heterocycles. The summed E-state index contributed by atoms with van der Waals surface area (Å²) in [5, 5.41) is 10.2. The number of rotatable bonds is 4. The van der Waals surface area contributed by atoms with Crippen LogP contribution in [0.3, 0.4) is 0 Å². The normalized spacial score (nSPS) is 18.8. The monoisotopic (exact) mass is 373 g/mol. The van der Waals surface area contributed by atoms with E-state index in [1.807, 2.05) is 10.8 Å². The zero-order valence-corrected chi connectivity index (χ0v) is 16.0. The number of hydrogen-bond donors (Lipinski definition) is 3. The van der Waals surface area contributed by atoms with Crippen LogP contribution in [0.5, 0.6) is 0 Å². The largest absolute Gasteiger partial charge is 0.360 e. The summed E-state index contributed by atoms with van der Waals surface area (Å²) < 4.78 is 1.98. The molecule has 28 heavy (non-hydrogen) atoms. The molecule has 1 aromatic heterocycles. The Morgan fingerprint density at radius 3 is 2.39 bits per heavy atom. The second-order valence-electron chi connectivity index (χ2n) is 7.47. The summed E-state index contributed by atoms with van der Waals surface area (Å²) in [4.78, 5) is 16.7. The van der Waals surface area contributed by atoms with E-state index in [0.717, 1.165) is 46.7 Å². The minimum Gasteiger partial charge on any atom is -0.360 e. The molecule has 0 aliphatic carbocycles. The van der Waals surface area contributed by atoms with Crippen LogP contribution >= 0.6 is 0 Å². The summed E-state index contributed by atoms with van der Waals surface area (Å²) in [6.45, 7) is 4.17. The van der Waals surface area contributed by atoms with Gasteiger partial charge in [0, 0.05) is 23.8 Å². The van der Waals surface area contributed by atoms with Crippen LogP contribution in [-0.2, 0) is 10.2 Å². The Kier molecular flexibility index (Phi) is 3.69. The summed E-state index contributed by atoms with van der Waals surface area (Å²) >= 11 is 0. The van der Waals surface area contributed by atoms with Gasteiger partial charge in [-0.2, -0.15) is 0 Å². The van der Waals surface area contributed by atoms with Crippen LogP contribution in [0.25, 0.3) is 5.69 Å². The average molecular weight is 373 g/mol. The van der Waals surface area contributed by atoms with Crippen molar-refractivity contribution in [2.24, 2.45) is 0 Å². The Balaban J connectivity index is 1.43. The van der Waals surface area contributed by atoms with Gasteiger partial charge in [0.15, 0.2) is 0 Å². The predicted molar refractivity (Wildman–Crippen MR) is 111 cm³/mol. The number of benzene rings is 2. The molecule has 3 N–H and O–H groups in total.